The average molecular weight is 417 g/mol. The second-order valence-corrected chi connectivity index (χ2v) is 7.24. The van der Waals surface area contributed by atoms with E-state index < -0.39 is 30.9 Å². The van der Waals surface area contributed by atoms with E-state index in [9.17, 15) is 10.1 Å². The van der Waals surface area contributed by atoms with Crippen molar-refractivity contribution in [3.05, 3.63) is 41.2 Å². The molecule has 8 nitrogen and oxygen atoms in total. The summed E-state index contributed by atoms with van der Waals surface area (Å²) in [6.07, 6.45) is 1.21. The average Bonchev–Trinajstić information content (AvgIpc) is 3.09. The van der Waals surface area contributed by atoms with E-state index in [4.69, 9.17) is 30.3 Å². The van der Waals surface area contributed by atoms with Crippen molar-refractivity contribution in [2.24, 2.45) is 0 Å². The number of hydrogen-bond acceptors (Lipinski definition) is 6. The Morgan fingerprint density at radius 3 is 3.03 bits per heavy atom. The number of nitrogens with two attached hydrogens (primary N) is 1. The maximum atomic E-state index is 13.5. The van der Waals surface area contributed by atoms with Gasteiger partial charge in [0.1, 0.15) is 23.5 Å². The number of anilines is 2. The number of rotatable bonds is 2. The molecule has 29 heavy (non-hydrogen) atoms. The molecule has 0 aliphatic carbocycles. The summed E-state index contributed by atoms with van der Waals surface area (Å²) in [5.74, 6) is -0.895. The van der Waals surface area contributed by atoms with Crippen molar-refractivity contribution in [1.29, 1.82) is 5.26 Å². The standard InChI is InChI=1S/C20H19ClN6O2/c1-11-9-29-20(2,3)19(28)26(11)15-6-12(4-5-13(15)8-22)16-7-14(21)17-18(23)24-10-25-27(16)17/h4-7,10-11H,9H2,1-3H3,(H2,23,24,25)/i1D3,9D2,11D. The molecule has 3 heterocycles. The highest BCUT2D eigenvalue weighted by atomic mass is 35.5. The molecule has 1 aromatic carbocycles. The topological polar surface area (TPSA) is 110 Å². The fourth-order valence-electron chi connectivity index (χ4n) is 3.06. The van der Waals surface area contributed by atoms with E-state index in [-0.39, 0.29) is 22.1 Å². The van der Waals surface area contributed by atoms with Gasteiger partial charge in [-0.3, -0.25) is 4.79 Å². The lowest BCUT2D eigenvalue weighted by Gasteiger charge is -2.41. The Bertz CT molecular complexity index is 1420. The number of carbonyl (C=O) groups is 1. The van der Waals surface area contributed by atoms with Crippen molar-refractivity contribution in [3.8, 4) is 17.3 Å². The minimum absolute atomic E-state index is 0.107. The van der Waals surface area contributed by atoms with Gasteiger partial charge in [0.15, 0.2) is 5.82 Å². The molecule has 0 saturated carbocycles. The monoisotopic (exact) mass is 416 g/mol. The number of amides is 1. The molecule has 1 aliphatic rings. The number of hydrogen-bond donors (Lipinski definition) is 1. The lowest BCUT2D eigenvalue weighted by atomic mass is 9.99. The van der Waals surface area contributed by atoms with Crippen LogP contribution in [-0.2, 0) is 9.53 Å². The van der Waals surface area contributed by atoms with Crippen LogP contribution >= 0.6 is 11.6 Å². The van der Waals surface area contributed by atoms with E-state index in [2.05, 4.69) is 10.1 Å². The molecule has 1 aliphatic heterocycles. The molecule has 148 valence electrons. The third-order valence-corrected chi connectivity index (χ3v) is 4.82. The third kappa shape index (κ3) is 2.99. The summed E-state index contributed by atoms with van der Waals surface area (Å²) in [6, 6.07) is 4.34. The molecule has 0 spiro atoms. The Hall–Kier alpha value is -3.15. The summed E-state index contributed by atoms with van der Waals surface area (Å²) in [5, 5.41) is 14.1. The minimum Gasteiger partial charge on any atom is -0.382 e. The summed E-state index contributed by atoms with van der Waals surface area (Å²) in [7, 11) is 0. The summed E-state index contributed by atoms with van der Waals surface area (Å²) in [5.41, 5.74) is 4.65. The van der Waals surface area contributed by atoms with Crippen LogP contribution in [0.1, 0.15) is 34.5 Å². The van der Waals surface area contributed by atoms with Crippen LogP contribution in [0.5, 0.6) is 0 Å². The van der Waals surface area contributed by atoms with Gasteiger partial charge >= 0.3 is 0 Å². The molecular weight excluding hydrogens is 392 g/mol. The molecule has 9 heteroatoms. The van der Waals surface area contributed by atoms with Gasteiger partial charge in [0, 0.05) is 9.68 Å². The first-order valence-corrected chi connectivity index (χ1v) is 8.82. The predicted molar refractivity (Wildman–Crippen MR) is 110 cm³/mol. The van der Waals surface area contributed by atoms with Crippen LogP contribution in [0.15, 0.2) is 30.6 Å². The van der Waals surface area contributed by atoms with Crippen LogP contribution in [-0.4, -0.2) is 38.7 Å². The summed E-state index contributed by atoms with van der Waals surface area (Å²) < 4.78 is 55.8. The van der Waals surface area contributed by atoms with E-state index in [1.165, 1.54) is 49.0 Å². The molecule has 4 rings (SSSR count). The normalized spacial score (nSPS) is 26.6. The Balaban J connectivity index is 2.04. The molecule has 2 aromatic heterocycles. The quantitative estimate of drug-likeness (QED) is 0.687. The molecule has 1 atom stereocenters. The fraction of sp³-hybridized carbons (Fsp3) is 0.300. The zero-order chi connectivity index (χ0) is 26.1. The van der Waals surface area contributed by atoms with Gasteiger partial charge in [-0.15, -0.1) is 0 Å². The number of nitrogens with zero attached hydrogens (tertiary/aromatic N) is 5. The number of morpholine rings is 1. The first kappa shape index (κ1) is 13.1. The SMILES string of the molecule is [2H]C([2H])([2H])C1([2H])N(c2cc(-c3cc(Cl)c4c(N)ncnn34)ccc2C#N)C(=O)C(C)(C)OC1([2H])[2H]. The highest BCUT2D eigenvalue weighted by Crippen LogP contribution is 2.36. The van der Waals surface area contributed by atoms with Crippen LogP contribution in [0, 0.1) is 11.3 Å². The Morgan fingerprint density at radius 1 is 1.52 bits per heavy atom. The van der Waals surface area contributed by atoms with Gasteiger partial charge in [0.05, 0.1) is 38.7 Å². The number of aromatic nitrogens is 3. The van der Waals surface area contributed by atoms with Gasteiger partial charge in [-0.1, -0.05) is 17.7 Å². The molecule has 0 bridgehead atoms. The van der Waals surface area contributed by atoms with Gasteiger partial charge in [0.25, 0.3) is 5.91 Å². The van der Waals surface area contributed by atoms with Crippen LogP contribution < -0.4 is 10.6 Å². The van der Waals surface area contributed by atoms with Crippen molar-refractivity contribution >= 4 is 34.5 Å². The molecule has 1 saturated heterocycles. The van der Waals surface area contributed by atoms with E-state index in [1.807, 2.05) is 6.07 Å². The van der Waals surface area contributed by atoms with Gasteiger partial charge < -0.3 is 15.4 Å². The van der Waals surface area contributed by atoms with E-state index in [1.54, 1.807) is 0 Å². The minimum atomic E-state index is -3.36. The number of carbonyl (C=O) groups excluding carboxylic acids is 1. The summed E-state index contributed by atoms with van der Waals surface area (Å²) in [6.45, 7) is -3.98. The van der Waals surface area contributed by atoms with Crippen LogP contribution in [0.4, 0.5) is 11.5 Å². The van der Waals surface area contributed by atoms with Crippen molar-refractivity contribution in [2.45, 2.75) is 32.3 Å². The maximum absolute atomic E-state index is 13.5. The van der Waals surface area contributed by atoms with Crippen molar-refractivity contribution < 1.29 is 17.8 Å². The van der Waals surface area contributed by atoms with Crippen LogP contribution in [0.25, 0.3) is 16.8 Å². The van der Waals surface area contributed by atoms with E-state index in [0.29, 0.717) is 21.7 Å². The van der Waals surface area contributed by atoms with Crippen LogP contribution in [0.2, 0.25) is 5.02 Å². The zero-order valence-electron chi connectivity index (χ0n) is 21.4. The number of nitriles is 1. The number of fused-ring (bicyclic) bond motifs is 1. The smallest absolute Gasteiger partial charge is 0.259 e. The van der Waals surface area contributed by atoms with Crippen LogP contribution in [0.3, 0.4) is 0 Å². The fourth-order valence-corrected chi connectivity index (χ4v) is 3.34. The highest BCUT2D eigenvalue weighted by Gasteiger charge is 2.41. The predicted octanol–water partition coefficient (Wildman–Crippen LogP) is 3.03. The molecule has 1 amide bonds. The maximum Gasteiger partial charge on any atom is 0.259 e. The summed E-state index contributed by atoms with van der Waals surface area (Å²) in [4.78, 5) is 17.9. The van der Waals surface area contributed by atoms with Gasteiger partial charge in [-0.25, -0.2) is 9.50 Å². The van der Waals surface area contributed by atoms with Crippen molar-refractivity contribution in [3.63, 3.8) is 0 Å². The highest BCUT2D eigenvalue weighted by molar-refractivity contribution is 6.35. The Morgan fingerprint density at radius 2 is 2.31 bits per heavy atom. The van der Waals surface area contributed by atoms with Gasteiger partial charge in [0.2, 0.25) is 0 Å². The third-order valence-electron chi connectivity index (χ3n) is 4.54. The molecule has 0 radical (unpaired) electrons. The number of halogens is 1. The lowest BCUT2D eigenvalue weighted by Crippen LogP contribution is -2.58. The zero-order valence-corrected chi connectivity index (χ0v) is 16.2. The van der Waals surface area contributed by atoms with E-state index in [0.717, 1.165) is 0 Å². The van der Waals surface area contributed by atoms with Crippen molar-refractivity contribution in [1.82, 2.24) is 14.6 Å². The molecule has 1 unspecified atom stereocenters. The first-order valence-electron chi connectivity index (χ1n) is 11.4. The van der Waals surface area contributed by atoms with Gasteiger partial charge in [-0.05, 0) is 38.9 Å². The Kier molecular flexibility index (Phi) is 3.05. The molecule has 3 aromatic rings. The largest absolute Gasteiger partial charge is 0.382 e. The lowest BCUT2D eigenvalue weighted by molar-refractivity contribution is -0.147. The first-order chi connectivity index (χ1) is 16.1. The molecular formula is C20H19ClN6O2. The second kappa shape index (κ2) is 6.72. The van der Waals surface area contributed by atoms with E-state index >= 15 is 0 Å². The molecule has 1 fully saturated rings. The number of ether oxygens (including phenoxy) is 1. The second-order valence-electron chi connectivity index (χ2n) is 6.83. The number of benzene rings is 1. The molecule has 2 N–H and O–H groups in total. The van der Waals surface area contributed by atoms with Crippen molar-refractivity contribution in [2.75, 3.05) is 17.2 Å². The van der Waals surface area contributed by atoms with Gasteiger partial charge in [-0.2, -0.15) is 10.4 Å². The summed E-state index contributed by atoms with van der Waals surface area (Å²) >= 11 is 6.31. The number of nitrogen functional groups attached to an aromatic ring is 1. The Labute approximate surface area is 180 Å².